The molecule has 1 aromatic rings. The zero-order chi connectivity index (χ0) is 14.0. The van der Waals surface area contributed by atoms with Crippen LogP contribution in [-0.2, 0) is 4.74 Å². The summed E-state index contributed by atoms with van der Waals surface area (Å²) in [6, 6.07) is 7.80. The number of nitrogens with zero attached hydrogens (tertiary/aromatic N) is 1. The lowest BCUT2D eigenvalue weighted by Crippen LogP contribution is -2.36. The molecular weight excluding hydrogens is 292 g/mol. The zero-order valence-corrected chi connectivity index (χ0v) is 13.1. The smallest absolute Gasteiger partial charge is 0.167 e. The molecule has 2 atom stereocenters. The van der Waals surface area contributed by atoms with Crippen LogP contribution in [0.4, 0.5) is 5.69 Å². The largest absolute Gasteiger partial charge is 0.381 e. The Bertz CT molecular complexity index is 504. The first-order valence-electron chi connectivity index (χ1n) is 6.98. The second kappa shape index (κ2) is 5.96. The van der Waals surface area contributed by atoms with Crippen LogP contribution in [0.5, 0.6) is 0 Å². The Kier molecular flexibility index (Phi) is 4.24. The molecule has 0 saturated carbocycles. The van der Waals surface area contributed by atoms with Crippen molar-refractivity contribution in [2.24, 2.45) is 10.9 Å². The van der Waals surface area contributed by atoms with Crippen LogP contribution in [0.2, 0.25) is 5.02 Å². The summed E-state index contributed by atoms with van der Waals surface area (Å²) in [5, 5.41) is 4.14. The first-order chi connectivity index (χ1) is 9.67. The highest BCUT2D eigenvalue weighted by molar-refractivity contribution is 8.02. The van der Waals surface area contributed by atoms with E-state index in [4.69, 9.17) is 16.3 Å². The van der Waals surface area contributed by atoms with E-state index in [2.05, 4.69) is 23.4 Å². The maximum Gasteiger partial charge on any atom is 0.167 e. The quantitative estimate of drug-likeness (QED) is 0.915. The number of para-hydroxylation sites is 1. The molecule has 0 bridgehead atoms. The van der Waals surface area contributed by atoms with E-state index in [1.165, 1.54) is 0 Å². The minimum Gasteiger partial charge on any atom is -0.381 e. The van der Waals surface area contributed by atoms with Crippen LogP contribution < -0.4 is 5.32 Å². The van der Waals surface area contributed by atoms with Crippen molar-refractivity contribution < 1.29 is 4.74 Å². The van der Waals surface area contributed by atoms with Gasteiger partial charge in [0.1, 0.15) is 0 Å². The summed E-state index contributed by atoms with van der Waals surface area (Å²) in [6.07, 6.45) is 4.35. The lowest BCUT2D eigenvalue weighted by Gasteiger charge is -2.34. The van der Waals surface area contributed by atoms with Crippen LogP contribution in [0, 0.1) is 5.92 Å². The average Bonchev–Trinajstić information content (AvgIpc) is 2.85. The highest BCUT2D eigenvalue weighted by Crippen LogP contribution is 2.44. The minimum atomic E-state index is 0.0442. The van der Waals surface area contributed by atoms with Crippen molar-refractivity contribution in [3.8, 4) is 0 Å². The third kappa shape index (κ3) is 2.97. The number of nitrogens with one attached hydrogen (secondary N) is 1. The second-order valence-corrected chi connectivity index (χ2v) is 7.41. The fraction of sp³-hybridized carbons (Fsp3) is 0.533. The summed E-state index contributed by atoms with van der Waals surface area (Å²) >= 11 is 8.06. The Morgan fingerprint density at radius 2 is 2.10 bits per heavy atom. The first-order valence-corrected chi connectivity index (χ1v) is 8.24. The van der Waals surface area contributed by atoms with Gasteiger partial charge in [0.2, 0.25) is 0 Å². The number of aliphatic imine (C=N–C) groups is 1. The van der Waals surface area contributed by atoms with Crippen LogP contribution in [-0.4, -0.2) is 29.7 Å². The van der Waals surface area contributed by atoms with Gasteiger partial charge in [-0.05, 0) is 37.8 Å². The van der Waals surface area contributed by atoms with Gasteiger partial charge in [0.25, 0.3) is 0 Å². The number of benzene rings is 1. The van der Waals surface area contributed by atoms with E-state index in [0.29, 0.717) is 5.92 Å². The molecule has 2 aliphatic heterocycles. The Hall–Kier alpha value is -0.710. The van der Waals surface area contributed by atoms with Gasteiger partial charge in [0, 0.05) is 19.4 Å². The zero-order valence-electron chi connectivity index (χ0n) is 11.5. The average molecular weight is 311 g/mol. The Labute approximate surface area is 129 Å². The fourth-order valence-electron chi connectivity index (χ4n) is 2.77. The number of thioether (sulfide) groups is 1. The molecule has 108 valence electrons. The molecule has 0 spiro atoms. The maximum absolute atomic E-state index is 6.18. The van der Waals surface area contributed by atoms with Crippen molar-refractivity contribution in [3.05, 3.63) is 29.3 Å². The molecule has 2 unspecified atom stereocenters. The molecule has 3 nitrogen and oxygen atoms in total. The molecule has 0 aromatic heterocycles. The maximum atomic E-state index is 6.18. The Morgan fingerprint density at radius 3 is 2.85 bits per heavy atom. The molecule has 20 heavy (non-hydrogen) atoms. The second-order valence-electron chi connectivity index (χ2n) is 5.44. The first kappa shape index (κ1) is 14.2. The molecule has 0 radical (unpaired) electrons. The number of hydrogen-bond acceptors (Lipinski definition) is 4. The standard InChI is InChI=1S/C15H19ClN2OS/c1-15(11-6-8-19-9-7-11)10-17-14(20-15)18-13-5-3-2-4-12(13)16/h2-5,10-11,14,18H,6-9H2,1H3. The summed E-state index contributed by atoms with van der Waals surface area (Å²) in [6.45, 7) is 4.03. The van der Waals surface area contributed by atoms with Crippen LogP contribution >= 0.6 is 23.4 Å². The predicted octanol–water partition coefficient (Wildman–Crippen LogP) is 4.04. The lowest BCUT2D eigenvalue weighted by molar-refractivity contribution is 0.0629. The molecule has 0 aliphatic carbocycles. The SMILES string of the molecule is CC1(C2CCOCC2)C=NC(Nc2ccccc2Cl)S1. The molecule has 1 N–H and O–H groups in total. The summed E-state index contributed by atoms with van der Waals surface area (Å²) < 4.78 is 5.56. The van der Waals surface area contributed by atoms with Gasteiger partial charge in [-0.2, -0.15) is 0 Å². The summed E-state index contributed by atoms with van der Waals surface area (Å²) in [7, 11) is 0. The third-order valence-corrected chi connectivity index (χ3v) is 5.76. The molecule has 1 fully saturated rings. The molecule has 1 aromatic carbocycles. The number of hydrogen-bond donors (Lipinski definition) is 1. The van der Waals surface area contributed by atoms with Crippen LogP contribution in [0.15, 0.2) is 29.3 Å². The predicted molar refractivity (Wildman–Crippen MR) is 86.9 cm³/mol. The van der Waals surface area contributed by atoms with Crippen molar-refractivity contribution in [1.29, 1.82) is 0 Å². The van der Waals surface area contributed by atoms with Crippen molar-refractivity contribution in [2.75, 3.05) is 18.5 Å². The van der Waals surface area contributed by atoms with Crippen molar-refractivity contribution in [2.45, 2.75) is 30.0 Å². The molecule has 0 amide bonds. The van der Waals surface area contributed by atoms with Gasteiger partial charge in [-0.1, -0.05) is 23.7 Å². The molecule has 1 saturated heterocycles. The molecule has 2 aliphatic rings. The van der Waals surface area contributed by atoms with E-state index in [0.717, 1.165) is 36.8 Å². The number of ether oxygens (including phenoxy) is 1. The van der Waals surface area contributed by atoms with E-state index in [-0.39, 0.29) is 10.2 Å². The van der Waals surface area contributed by atoms with E-state index in [1.807, 2.05) is 36.0 Å². The molecule has 3 rings (SSSR count). The number of anilines is 1. The van der Waals surface area contributed by atoms with Gasteiger partial charge in [0.05, 0.1) is 15.5 Å². The van der Waals surface area contributed by atoms with Crippen LogP contribution in [0.1, 0.15) is 19.8 Å². The topological polar surface area (TPSA) is 33.6 Å². The van der Waals surface area contributed by atoms with E-state index >= 15 is 0 Å². The molecule has 2 heterocycles. The number of halogens is 1. The summed E-state index contributed by atoms with van der Waals surface area (Å²) in [5.74, 6) is 0.642. The van der Waals surface area contributed by atoms with Gasteiger partial charge in [-0.3, -0.25) is 4.99 Å². The lowest BCUT2D eigenvalue weighted by atomic mass is 9.87. The van der Waals surface area contributed by atoms with Gasteiger partial charge in [-0.25, -0.2) is 0 Å². The minimum absolute atomic E-state index is 0.0442. The fourth-order valence-corrected chi connectivity index (χ4v) is 4.30. The molecule has 5 heteroatoms. The van der Waals surface area contributed by atoms with Gasteiger partial charge in [-0.15, -0.1) is 11.8 Å². The van der Waals surface area contributed by atoms with Gasteiger partial charge >= 0.3 is 0 Å². The molecular formula is C15H19ClN2OS. The van der Waals surface area contributed by atoms with E-state index < -0.39 is 0 Å². The Balaban J connectivity index is 1.65. The van der Waals surface area contributed by atoms with Crippen molar-refractivity contribution in [3.63, 3.8) is 0 Å². The highest BCUT2D eigenvalue weighted by atomic mass is 35.5. The van der Waals surface area contributed by atoms with Gasteiger partial charge in [0.15, 0.2) is 5.50 Å². The van der Waals surface area contributed by atoms with Crippen molar-refractivity contribution >= 4 is 35.3 Å². The third-order valence-electron chi connectivity index (χ3n) is 4.02. The number of rotatable bonds is 3. The normalized spacial score (nSPS) is 30.6. The highest BCUT2D eigenvalue weighted by Gasteiger charge is 2.40. The Morgan fingerprint density at radius 1 is 1.35 bits per heavy atom. The van der Waals surface area contributed by atoms with E-state index in [9.17, 15) is 0 Å². The van der Waals surface area contributed by atoms with Crippen LogP contribution in [0.3, 0.4) is 0 Å². The van der Waals surface area contributed by atoms with E-state index in [1.54, 1.807) is 0 Å². The van der Waals surface area contributed by atoms with Crippen molar-refractivity contribution in [1.82, 2.24) is 0 Å². The van der Waals surface area contributed by atoms with Gasteiger partial charge < -0.3 is 10.1 Å². The summed E-state index contributed by atoms with van der Waals surface area (Å²) in [4.78, 5) is 4.63. The summed E-state index contributed by atoms with van der Waals surface area (Å²) in [5.41, 5.74) is 0.989. The van der Waals surface area contributed by atoms with Crippen LogP contribution in [0.25, 0.3) is 0 Å². The monoisotopic (exact) mass is 310 g/mol.